The summed E-state index contributed by atoms with van der Waals surface area (Å²) in [5.74, 6) is 0.478. The lowest BCUT2D eigenvalue weighted by molar-refractivity contribution is -0.0225. The summed E-state index contributed by atoms with van der Waals surface area (Å²) in [6.45, 7) is 1.62. The second kappa shape index (κ2) is 4.41. The van der Waals surface area contributed by atoms with Gasteiger partial charge in [0, 0.05) is 17.0 Å². The van der Waals surface area contributed by atoms with Gasteiger partial charge in [-0.3, -0.25) is 9.36 Å². The zero-order valence-electron chi connectivity index (χ0n) is 11.9. The molecule has 2 heterocycles. The topological polar surface area (TPSA) is 55.1 Å². The molecule has 22 heavy (non-hydrogen) atoms. The molecule has 110 valence electrons. The molecule has 1 aromatic heterocycles. The highest BCUT2D eigenvalue weighted by molar-refractivity contribution is 6.30. The van der Waals surface area contributed by atoms with Gasteiger partial charge in [0.25, 0.3) is 5.56 Å². The van der Waals surface area contributed by atoms with Crippen LogP contribution in [-0.4, -0.2) is 14.7 Å². The van der Waals surface area contributed by atoms with Crippen molar-refractivity contribution in [3.05, 3.63) is 63.4 Å². The van der Waals surface area contributed by atoms with Crippen molar-refractivity contribution in [3.63, 3.8) is 0 Å². The van der Waals surface area contributed by atoms with Crippen LogP contribution in [0.4, 0.5) is 0 Å². The molecular formula is C17H13ClN2O2. The van der Waals surface area contributed by atoms with E-state index in [-0.39, 0.29) is 5.56 Å². The summed E-state index contributed by atoms with van der Waals surface area (Å²) in [5, 5.41) is 11.9. The lowest BCUT2D eigenvalue weighted by Crippen LogP contribution is -2.44. The molecule has 1 aliphatic rings. The number of aliphatic hydroxyl groups is 1. The SMILES string of the molecule is CC1(O)Cc2cc(Cl)ccc2-c2nc3ccccc3c(=O)n21. The number of benzene rings is 2. The van der Waals surface area contributed by atoms with Crippen LogP contribution in [-0.2, 0) is 12.1 Å². The van der Waals surface area contributed by atoms with Gasteiger partial charge in [-0.05, 0) is 42.8 Å². The van der Waals surface area contributed by atoms with Crippen LogP contribution < -0.4 is 5.56 Å². The first-order valence-electron chi connectivity index (χ1n) is 7.01. The average Bonchev–Trinajstić information content (AvgIpc) is 2.46. The third-order valence-corrected chi connectivity index (χ3v) is 4.33. The molecule has 0 amide bonds. The highest BCUT2D eigenvalue weighted by Gasteiger charge is 2.35. The molecule has 1 atom stereocenters. The fourth-order valence-corrected chi connectivity index (χ4v) is 3.32. The Labute approximate surface area is 131 Å². The van der Waals surface area contributed by atoms with Gasteiger partial charge >= 0.3 is 0 Å². The van der Waals surface area contributed by atoms with Gasteiger partial charge in [0.15, 0.2) is 0 Å². The maximum Gasteiger partial charge on any atom is 0.264 e. The fourth-order valence-electron chi connectivity index (χ4n) is 3.13. The largest absolute Gasteiger partial charge is 0.370 e. The van der Waals surface area contributed by atoms with Crippen molar-refractivity contribution in [1.29, 1.82) is 0 Å². The lowest BCUT2D eigenvalue weighted by Gasteiger charge is -2.34. The minimum atomic E-state index is -1.33. The van der Waals surface area contributed by atoms with Gasteiger partial charge in [0.2, 0.25) is 0 Å². The van der Waals surface area contributed by atoms with Gasteiger partial charge in [0.05, 0.1) is 10.9 Å². The van der Waals surface area contributed by atoms with Crippen LogP contribution in [0.15, 0.2) is 47.3 Å². The van der Waals surface area contributed by atoms with Gasteiger partial charge in [0.1, 0.15) is 11.5 Å². The van der Waals surface area contributed by atoms with E-state index in [1.54, 1.807) is 31.2 Å². The lowest BCUT2D eigenvalue weighted by atomic mass is 9.93. The van der Waals surface area contributed by atoms with Gasteiger partial charge in [-0.15, -0.1) is 0 Å². The molecule has 0 aliphatic carbocycles. The molecule has 2 aromatic carbocycles. The van der Waals surface area contributed by atoms with E-state index in [4.69, 9.17) is 11.6 Å². The number of hydrogen-bond donors (Lipinski definition) is 1. The third kappa shape index (κ3) is 1.81. The van der Waals surface area contributed by atoms with E-state index in [0.717, 1.165) is 11.1 Å². The number of fused-ring (bicyclic) bond motifs is 4. The predicted octanol–water partition coefficient (Wildman–Crippen LogP) is 2.94. The first kappa shape index (κ1) is 13.5. The second-order valence-corrected chi connectivity index (χ2v) is 6.22. The van der Waals surface area contributed by atoms with Crippen molar-refractivity contribution >= 4 is 22.5 Å². The van der Waals surface area contributed by atoms with Crippen LogP contribution >= 0.6 is 11.6 Å². The summed E-state index contributed by atoms with van der Waals surface area (Å²) in [7, 11) is 0. The zero-order valence-corrected chi connectivity index (χ0v) is 12.6. The van der Waals surface area contributed by atoms with Gasteiger partial charge in [-0.1, -0.05) is 23.7 Å². The molecular weight excluding hydrogens is 300 g/mol. The maximum absolute atomic E-state index is 12.8. The second-order valence-electron chi connectivity index (χ2n) is 5.79. The smallest absolute Gasteiger partial charge is 0.264 e. The third-order valence-electron chi connectivity index (χ3n) is 4.09. The van der Waals surface area contributed by atoms with E-state index in [9.17, 15) is 9.90 Å². The van der Waals surface area contributed by atoms with Gasteiger partial charge in [-0.25, -0.2) is 4.98 Å². The fraction of sp³-hybridized carbons (Fsp3) is 0.176. The van der Waals surface area contributed by atoms with Crippen LogP contribution in [0.1, 0.15) is 12.5 Å². The first-order chi connectivity index (χ1) is 10.5. The summed E-state index contributed by atoms with van der Waals surface area (Å²) in [6, 6.07) is 12.6. The molecule has 1 unspecified atom stereocenters. The van der Waals surface area contributed by atoms with E-state index in [1.165, 1.54) is 4.57 Å². The molecule has 1 aliphatic heterocycles. The number of nitrogens with zero attached hydrogens (tertiary/aromatic N) is 2. The minimum Gasteiger partial charge on any atom is -0.370 e. The van der Waals surface area contributed by atoms with Crippen LogP contribution in [0.25, 0.3) is 22.3 Å². The van der Waals surface area contributed by atoms with Crippen molar-refractivity contribution in [1.82, 2.24) is 9.55 Å². The summed E-state index contributed by atoms with van der Waals surface area (Å²) in [4.78, 5) is 17.4. The Bertz CT molecular complexity index is 976. The average molecular weight is 313 g/mol. The van der Waals surface area contributed by atoms with Crippen LogP contribution in [0, 0.1) is 0 Å². The molecule has 0 bridgehead atoms. The molecule has 3 aromatic rings. The Balaban J connectivity index is 2.17. The van der Waals surface area contributed by atoms with Crippen molar-refractivity contribution < 1.29 is 5.11 Å². The van der Waals surface area contributed by atoms with Crippen molar-refractivity contribution in [2.45, 2.75) is 19.1 Å². The van der Waals surface area contributed by atoms with Crippen molar-refractivity contribution in [3.8, 4) is 11.4 Å². The number of hydrogen-bond acceptors (Lipinski definition) is 3. The maximum atomic E-state index is 12.8. The summed E-state index contributed by atoms with van der Waals surface area (Å²) >= 11 is 6.05. The van der Waals surface area contributed by atoms with E-state index >= 15 is 0 Å². The highest BCUT2D eigenvalue weighted by atomic mass is 35.5. The minimum absolute atomic E-state index is 0.230. The molecule has 0 spiro atoms. The van der Waals surface area contributed by atoms with Crippen molar-refractivity contribution in [2.24, 2.45) is 0 Å². The molecule has 0 saturated heterocycles. The number of para-hydroxylation sites is 1. The molecule has 5 heteroatoms. The van der Waals surface area contributed by atoms with Gasteiger partial charge < -0.3 is 5.11 Å². The van der Waals surface area contributed by atoms with E-state index < -0.39 is 5.72 Å². The summed E-state index contributed by atoms with van der Waals surface area (Å²) < 4.78 is 1.38. The van der Waals surface area contributed by atoms with E-state index in [2.05, 4.69) is 4.98 Å². The molecule has 0 fully saturated rings. The molecule has 0 saturated carbocycles. The first-order valence-corrected chi connectivity index (χ1v) is 7.39. The van der Waals surface area contributed by atoms with Crippen LogP contribution in [0.3, 0.4) is 0 Å². The Morgan fingerprint density at radius 1 is 1.27 bits per heavy atom. The van der Waals surface area contributed by atoms with E-state index in [1.807, 2.05) is 18.2 Å². The number of rotatable bonds is 0. The highest BCUT2D eigenvalue weighted by Crippen LogP contribution is 2.36. The van der Waals surface area contributed by atoms with E-state index in [0.29, 0.717) is 28.2 Å². The van der Waals surface area contributed by atoms with Gasteiger partial charge in [-0.2, -0.15) is 0 Å². The normalized spacial score (nSPS) is 19.8. The van der Waals surface area contributed by atoms with Crippen molar-refractivity contribution in [2.75, 3.05) is 0 Å². The molecule has 0 radical (unpaired) electrons. The Morgan fingerprint density at radius 2 is 2.05 bits per heavy atom. The monoisotopic (exact) mass is 312 g/mol. The quantitative estimate of drug-likeness (QED) is 0.694. The Kier molecular flexibility index (Phi) is 2.71. The Hall–Kier alpha value is -2.17. The standard InChI is InChI=1S/C17H13ClN2O2/c1-17(22)9-10-8-11(18)6-7-12(10)15-19-14-5-3-2-4-13(14)16(21)20(15)17/h2-8,22H,9H2,1H3. The summed E-state index contributed by atoms with van der Waals surface area (Å²) in [6.07, 6.45) is 0.315. The predicted molar refractivity (Wildman–Crippen MR) is 86.0 cm³/mol. The zero-order chi connectivity index (χ0) is 15.5. The molecule has 4 nitrogen and oxygen atoms in total. The summed E-state index contributed by atoms with van der Waals surface area (Å²) in [5.41, 5.74) is 0.781. The van der Waals surface area contributed by atoms with Crippen LogP contribution in [0.5, 0.6) is 0 Å². The van der Waals surface area contributed by atoms with Crippen LogP contribution in [0.2, 0.25) is 5.02 Å². The number of halogens is 1. The molecule has 1 N–H and O–H groups in total. The molecule has 4 rings (SSSR count). The Morgan fingerprint density at radius 3 is 2.86 bits per heavy atom. The number of aromatic nitrogens is 2.